The van der Waals surface area contributed by atoms with E-state index < -0.39 is 0 Å². The van der Waals surface area contributed by atoms with Crippen molar-refractivity contribution in [3.05, 3.63) is 0 Å². The van der Waals surface area contributed by atoms with Crippen LogP contribution in [0.15, 0.2) is 0 Å². The van der Waals surface area contributed by atoms with Crippen molar-refractivity contribution in [3.63, 3.8) is 0 Å². The first-order valence-corrected chi connectivity index (χ1v) is 7.41. The van der Waals surface area contributed by atoms with Gasteiger partial charge in [0.25, 0.3) is 0 Å². The molecule has 0 rings (SSSR count). The third kappa shape index (κ3) is 9.38. The Hall–Kier alpha value is -0.160. The van der Waals surface area contributed by atoms with Gasteiger partial charge in [-0.25, -0.2) is 0 Å². The van der Waals surface area contributed by atoms with Gasteiger partial charge >= 0.3 is 0 Å². The van der Waals surface area contributed by atoms with E-state index in [0.717, 1.165) is 39.4 Å². The first-order valence-electron chi connectivity index (χ1n) is 7.41. The third-order valence-electron chi connectivity index (χ3n) is 3.62. The molecule has 4 heteroatoms. The van der Waals surface area contributed by atoms with Gasteiger partial charge in [-0.2, -0.15) is 0 Å². The number of hydrogen-bond donors (Lipinski definition) is 1. The van der Waals surface area contributed by atoms with E-state index in [-0.39, 0.29) is 0 Å². The quantitative estimate of drug-likeness (QED) is 0.590. The molecule has 0 aromatic rings. The Labute approximate surface area is 119 Å². The van der Waals surface area contributed by atoms with E-state index in [4.69, 9.17) is 9.47 Å². The second-order valence-electron chi connectivity index (χ2n) is 5.96. The maximum absolute atomic E-state index is 5.20. The summed E-state index contributed by atoms with van der Waals surface area (Å²) in [5.74, 6) is 0. The molecule has 0 spiro atoms. The number of nitrogens with one attached hydrogen (secondary N) is 1. The summed E-state index contributed by atoms with van der Waals surface area (Å²) in [4.78, 5) is 2.44. The van der Waals surface area contributed by atoms with Crippen LogP contribution in [0.1, 0.15) is 34.1 Å². The molecule has 0 aliphatic carbocycles. The Morgan fingerprint density at radius 3 is 2.00 bits per heavy atom. The molecule has 0 saturated heterocycles. The predicted octanol–water partition coefficient (Wildman–Crippen LogP) is 2.00. The summed E-state index contributed by atoms with van der Waals surface area (Å²) in [7, 11) is 3.52. The van der Waals surface area contributed by atoms with Gasteiger partial charge in [-0.1, -0.05) is 27.7 Å². The Kier molecular flexibility index (Phi) is 10.5. The molecular formula is C15H34N2O2. The average Bonchev–Trinajstić information content (AvgIpc) is 2.39. The van der Waals surface area contributed by atoms with Crippen LogP contribution in [0.5, 0.6) is 0 Å². The standard InChI is InChI=1S/C15H34N2O2/c1-7-15(4,12-16-14(2)3)13-17(8-10-18-5)9-11-19-6/h14,16H,7-13H2,1-6H3. The molecule has 0 amide bonds. The molecule has 0 fully saturated rings. The summed E-state index contributed by atoms with van der Waals surface area (Å²) in [6.45, 7) is 14.7. The van der Waals surface area contributed by atoms with Crippen LogP contribution in [0.25, 0.3) is 0 Å². The molecule has 1 atom stereocenters. The van der Waals surface area contributed by atoms with Gasteiger partial charge in [-0.15, -0.1) is 0 Å². The van der Waals surface area contributed by atoms with Gasteiger partial charge in [0.05, 0.1) is 13.2 Å². The van der Waals surface area contributed by atoms with Crippen LogP contribution in [-0.2, 0) is 9.47 Å². The van der Waals surface area contributed by atoms with Gasteiger partial charge in [-0.05, 0) is 11.8 Å². The minimum absolute atomic E-state index is 0.297. The van der Waals surface area contributed by atoms with Crippen LogP contribution >= 0.6 is 0 Å². The van der Waals surface area contributed by atoms with E-state index in [9.17, 15) is 0 Å². The zero-order chi connectivity index (χ0) is 14.7. The second-order valence-corrected chi connectivity index (χ2v) is 5.96. The molecule has 1 N–H and O–H groups in total. The smallest absolute Gasteiger partial charge is 0.0589 e. The molecule has 116 valence electrons. The zero-order valence-electron chi connectivity index (χ0n) is 13.8. The van der Waals surface area contributed by atoms with Gasteiger partial charge in [0.15, 0.2) is 0 Å². The lowest BCUT2D eigenvalue weighted by Gasteiger charge is -2.35. The first-order chi connectivity index (χ1) is 8.97. The molecule has 0 aromatic carbocycles. The summed E-state index contributed by atoms with van der Waals surface area (Å²) >= 11 is 0. The molecule has 0 radical (unpaired) electrons. The van der Waals surface area contributed by atoms with Crippen molar-refractivity contribution < 1.29 is 9.47 Å². The first kappa shape index (κ1) is 18.8. The Morgan fingerprint density at radius 2 is 1.63 bits per heavy atom. The summed E-state index contributed by atoms with van der Waals surface area (Å²) in [6, 6.07) is 0.539. The number of methoxy groups -OCH3 is 2. The largest absolute Gasteiger partial charge is 0.383 e. The van der Waals surface area contributed by atoms with E-state index >= 15 is 0 Å². The third-order valence-corrected chi connectivity index (χ3v) is 3.62. The van der Waals surface area contributed by atoms with Crippen molar-refractivity contribution in [2.45, 2.75) is 40.2 Å². The Bertz CT molecular complexity index is 204. The lowest BCUT2D eigenvalue weighted by Crippen LogP contribution is -2.45. The van der Waals surface area contributed by atoms with Crippen LogP contribution in [0.3, 0.4) is 0 Å². The van der Waals surface area contributed by atoms with Gasteiger partial charge in [0.2, 0.25) is 0 Å². The maximum atomic E-state index is 5.20. The highest BCUT2D eigenvalue weighted by Gasteiger charge is 2.25. The van der Waals surface area contributed by atoms with Crippen LogP contribution < -0.4 is 5.32 Å². The normalized spacial score (nSPS) is 15.2. The molecule has 0 aromatic heterocycles. The minimum Gasteiger partial charge on any atom is -0.383 e. The summed E-state index contributed by atoms with van der Waals surface area (Å²) in [5.41, 5.74) is 0.297. The monoisotopic (exact) mass is 274 g/mol. The highest BCUT2D eigenvalue weighted by molar-refractivity contribution is 4.80. The summed E-state index contributed by atoms with van der Waals surface area (Å²) in [6.07, 6.45) is 1.17. The number of rotatable bonds is 12. The number of hydrogen-bond acceptors (Lipinski definition) is 4. The molecule has 1 unspecified atom stereocenters. The van der Waals surface area contributed by atoms with E-state index in [2.05, 4.69) is 37.9 Å². The fourth-order valence-electron chi connectivity index (χ4n) is 1.99. The van der Waals surface area contributed by atoms with Crippen molar-refractivity contribution in [1.82, 2.24) is 10.2 Å². The van der Waals surface area contributed by atoms with Crippen molar-refractivity contribution in [1.29, 1.82) is 0 Å². The van der Waals surface area contributed by atoms with E-state index in [1.54, 1.807) is 14.2 Å². The molecule has 0 aliphatic heterocycles. The van der Waals surface area contributed by atoms with Gasteiger partial charge in [-0.3, -0.25) is 4.90 Å². The molecule has 0 bridgehead atoms. The molecule has 4 nitrogen and oxygen atoms in total. The molecule has 0 aliphatic rings. The summed E-state index contributed by atoms with van der Waals surface area (Å²) in [5, 5.41) is 3.57. The number of nitrogens with zero attached hydrogens (tertiary/aromatic N) is 1. The minimum atomic E-state index is 0.297. The fourth-order valence-corrected chi connectivity index (χ4v) is 1.99. The fraction of sp³-hybridized carbons (Fsp3) is 1.00. The van der Waals surface area contributed by atoms with Crippen molar-refractivity contribution in [2.24, 2.45) is 5.41 Å². The van der Waals surface area contributed by atoms with Gasteiger partial charge < -0.3 is 14.8 Å². The van der Waals surface area contributed by atoms with Crippen LogP contribution in [0.2, 0.25) is 0 Å². The van der Waals surface area contributed by atoms with Gasteiger partial charge in [0, 0.05) is 46.4 Å². The predicted molar refractivity (Wildman–Crippen MR) is 81.7 cm³/mol. The summed E-state index contributed by atoms with van der Waals surface area (Å²) < 4.78 is 10.4. The van der Waals surface area contributed by atoms with Crippen molar-refractivity contribution in [2.75, 3.05) is 53.6 Å². The van der Waals surface area contributed by atoms with Gasteiger partial charge in [0.1, 0.15) is 0 Å². The average molecular weight is 274 g/mol. The Morgan fingerprint density at radius 1 is 1.11 bits per heavy atom. The van der Waals surface area contributed by atoms with Crippen LogP contribution in [-0.4, -0.2) is 64.6 Å². The topological polar surface area (TPSA) is 33.7 Å². The van der Waals surface area contributed by atoms with Crippen LogP contribution in [0.4, 0.5) is 0 Å². The SMILES string of the molecule is CCC(C)(CNC(C)C)CN(CCOC)CCOC. The molecule has 0 saturated carbocycles. The van der Waals surface area contributed by atoms with E-state index in [1.807, 2.05) is 0 Å². The second kappa shape index (κ2) is 10.6. The number of ether oxygens (including phenoxy) is 2. The van der Waals surface area contributed by atoms with E-state index in [0.29, 0.717) is 11.5 Å². The van der Waals surface area contributed by atoms with Crippen molar-refractivity contribution in [3.8, 4) is 0 Å². The highest BCUT2D eigenvalue weighted by atomic mass is 16.5. The lowest BCUT2D eigenvalue weighted by atomic mass is 9.86. The molecular weight excluding hydrogens is 240 g/mol. The molecule has 0 heterocycles. The van der Waals surface area contributed by atoms with Crippen LogP contribution in [0, 0.1) is 5.41 Å². The maximum Gasteiger partial charge on any atom is 0.0589 e. The van der Waals surface area contributed by atoms with Crippen molar-refractivity contribution >= 4 is 0 Å². The zero-order valence-corrected chi connectivity index (χ0v) is 13.8. The molecule has 19 heavy (non-hydrogen) atoms. The Balaban J connectivity index is 4.37. The highest BCUT2D eigenvalue weighted by Crippen LogP contribution is 2.21. The van der Waals surface area contributed by atoms with E-state index in [1.165, 1.54) is 6.42 Å². The lowest BCUT2D eigenvalue weighted by molar-refractivity contribution is 0.0813.